The van der Waals surface area contributed by atoms with Gasteiger partial charge in [0.05, 0.1) is 19.8 Å². The number of benzene rings is 1. The van der Waals surface area contributed by atoms with Crippen molar-refractivity contribution >= 4 is 11.9 Å². The number of aryl methyl sites for hydroxylation is 1. The van der Waals surface area contributed by atoms with E-state index in [0.29, 0.717) is 25.9 Å². The number of carboxylic acid groups (broad SMARTS) is 1. The van der Waals surface area contributed by atoms with Crippen molar-refractivity contribution in [3.8, 4) is 5.75 Å². The van der Waals surface area contributed by atoms with E-state index in [4.69, 9.17) is 19.3 Å². The van der Waals surface area contributed by atoms with Crippen LogP contribution in [0.15, 0.2) is 24.3 Å². The van der Waals surface area contributed by atoms with Crippen LogP contribution < -0.4 is 10.1 Å². The van der Waals surface area contributed by atoms with Gasteiger partial charge in [-0.2, -0.15) is 0 Å². The summed E-state index contributed by atoms with van der Waals surface area (Å²) in [5.41, 5.74) is 1.02. The third kappa shape index (κ3) is 5.82. The summed E-state index contributed by atoms with van der Waals surface area (Å²) in [6.07, 6.45) is 1.12. The number of aliphatic carboxylic acids is 1. The van der Waals surface area contributed by atoms with Gasteiger partial charge in [-0.15, -0.1) is 0 Å². The number of rotatable bonds is 8. The van der Waals surface area contributed by atoms with E-state index in [0.717, 1.165) is 11.3 Å². The Bertz CT molecular complexity index is 562. The molecule has 0 aromatic heterocycles. The van der Waals surface area contributed by atoms with Gasteiger partial charge in [-0.05, 0) is 30.5 Å². The molecule has 2 rings (SSSR count). The molecule has 1 fully saturated rings. The number of carboxylic acids is 1. The second-order valence-electron chi connectivity index (χ2n) is 5.63. The van der Waals surface area contributed by atoms with E-state index in [1.54, 1.807) is 7.11 Å². The number of hydrogen-bond donors (Lipinski definition) is 2. The predicted molar refractivity (Wildman–Crippen MR) is 86.1 cm³/mol. The minimum absolute atomic E-state index is 0.0892. The molecule has 1 aromatic carbocycles. The zero-order valence-electron chi connectivity index (χ0n) is 13.7. The molecule has 132 valence electrons. The van der Waals surface area contributed by atoms with E-state index in [1.807, 2.05) is 24.3 Å². The molecule has 24 heavy (non-hydrogen) atoms. The van der Waals surface area contributed by atoms with Gasteiger partial charge in [0.25, 0.3) is 0 Å². The molecule has 0 spiro atoms. The van der Waals surface area contributed by atoms with Crippen molar-refractivity contribution in [2.45, 2.75) is 31.4 Å². The largest absolute Gasteiger partial charge is 0.497 e. The van der Waals surface area contributed by atoms with E-state index in [1.165, 1.54) is 0 Å². The second-order valence-corrected chi connectivity index (χ2v) is 5.63. The molecule has 0 aliphatic carbocycles. The number of hydrogen-bond acceptors (Lipinski definition) is 5. The van der Waals surface area contributed by atoms with Crippen molar-refractivity contribution in [1.82, 2.24) is 5.32 Å². The summed E-state index contributed by atoms with van der Waals surface area (Å²) in [6.45, 7) is 0.409. The topological polar surface area (TPSA) is 94.1 Å². The van der Waals surface area contributed by atoms with Gasteiger partial charge in [0.2, 0.25) is 5.91 Å². The van der Waals surface area contributed by atoms with Gasteiger partial charge in [0.1, 0.15) is 18.5 Å². The molecule has 0 unspecified atom stereocenters. The third-order valence-corrected chi connectivity index (χ3v) is 3.85. The van der Waals surface area contributed by atoms with Crippen LogP contribution in [-0.2, 0) is 25.5 Å². The summed E-state index contributed by atoms with van der Waals surface area (Å²) in [5.74, 6) is -0.364. The first kappa shape index (κ1) is 18.2. The molecule has 1 heterocycles. The molecule has 7 nitrogen and oxygen atoms in total. The van der Waals surface area contributed by atoms with Gasteiger partial charge in [0.15, 0.2) is 0 Å². The molecule has 1 aliphatic rings. The molecule has 0 bridgehead atoms. The first-order chi connectivity index (χ1) is 11.6. The Morgan fingerprint density at radius 1 is 1.42 bits per heavy atom. The summed E-state index contributed by atoms with van der Waals surface area (Å²) in [5, 5.41) is 11.6. The summed E-state index contributed by atoms with van der Waals surface area (Å²) < 4.78 is 15.8. The minimum atomic E-state index is -1.04. The van der Waals surface area contributed by atoms with Crippen molar-refractivity contribution in [1.29, 1.82) is 0 Å². The summed E-state index contributed by atoms with van der Waals surface area (Å²) >= 11 is 0. The fraction of sp³-hybridized carbons (Fsp3) is 0.529. The van der Waals surface area contributed by atoms with Crippen molar-refractivity contribution in [3.63, 3.8) is 0 Å². The third-order valence-electron chi connectivity index (χ3n) is 3.85. The van der Waals surface area contributed by atoms with Crippen molar-refractivity contribution in [3.05, 3.63) is 29.8 Å². The number of carbonyl (C=O) groups excluding carboxylic acids is 1. The molecule has 0 saturated carbocycles. The molecule has 2 atom stereocenters. The van der Waals surface area contributed by atoms with Gasteiger partial charge < -0.3 is 24.6 Å². The average molecular weight is 337 g/mol. The maximum atomic E-state index is 12.2. The molecule has 7 heteroatoms. The van der Waals surface area contributed by atoms with E-state index in [-0.39, 0.29) is 18.6 Å². The van der Waals surface area contributed by atoms with Crippen LogP contribution in [0.5, 0.6) is 5.75 Å². The number of amides is 1. The molecule has 0 radical (unpaired) electrons. The van der Waals surface area contributed by atoms with Gasteiger partial charge >= 0.3 is 5.97 Å². The minimum Gasteiger partial charge on any atom is -0.497 e. The fourth-order valence-electron chi connectivity index (χ4n) is 2.58. The zero-order valence-corrected chi connectivity index (χ0v) is 13.7. The van der Waals surface area contributed by atoms with Crippen molar-refractivity contribution in [2.24, 2.45) is 0 Å². The first-order valence-corrected chi connectivity index (χ1v) is 7.92. The average Bonchev–Trinajstić information content (AvgIpc) is 2.59. The highest BCUT2D eigenvalue weighted by molar-refractivity contribution is 5.76. The van der Waals surface area contributed by atoms with Crippen molar-refractivity contribution in [2.75, 3.05) is 26.9 Å². The van der Waals surface area contributed by atoms with E-state index < -0.39 is 18.7 Å². The standard InChI is InChI=1S/C17H23NO6/c1-22-13-4-2-3-12(9-13)5-6-16(19)18-14-7-8-23-10-15(14)24-11-17(20)21/h2-4,9,14-15H,5-8,10-11H2,1H3,(H,18,19)(H,20,21)/t14-,15-/m1/s1. The van der Waals surface area contributed by atoms with Crippen LogP contribution in [0.2, 0.25) is 0 Å². The van der Waals surface area contributed by atoms with Crippen LogP contribution >= 0.6 is 0 Å². The lowest BCUT2D eigenvalue weighted by Gasteiger charge is -2.31. The molecule has 1 aromatic rings. The number of nitrogens with one attached hydrogen (secondary N) is 1. The van der Waals surface area contributed by atoms with Crippen LogP contribution in [-0.4, -0.2) is 56.1 Å². The summed E-state index contributed by atoms with van der Waals surface area (Å²) in [7, 11) is 1.61. The lowest BCUT2D eigenvalue weighted by Crippen LogP contribution is -2.50. The number of ether oxygens (including phenoxy) is 3. The maximum absolute atomic E-state index is 12.2. The monoisotopic (exact) mass is 337 g/mol. The second kappa shape index (κ2) is 9.24. The molecule has 1 aliphatic heterocycles. The quantitative estimate of drug-likeness (QED) is 0.735. The predicted octanol–water partition coefficient (Wildman–Crippen LogP) is 1.00. The van der Waals surface area contributed by atoms with Gasteiger partial charge in [-0.3, -0.25) is 4.79 Å². The Morgan fingerprint density at radius 2 is 2.25 bits per heavy atom. The van der Waals surface area contributed by atoms with Crippen LogP contribution in [0.1, 0.15) is 18.4 Å². The SMILES string of the molecule is COc1cccc(CCC(=O)N[C@@H]2CCOC[C@H]2OCC(=O)O)c1. The van der Waals surface area contributed by atoms with E-state index >= 15 is 0 Å². The maximum Gasteiger partial charge on any atom is 0.329 e. The highest BCUT2D eigenvalue weighted by Gasteiger charge is 2.28. The lowest BCUT2D eigenvalue weighted by molar-refractivity contribution is -0.149. The van der Waals surface area contributed by atoms with Gasteiger partial charge in [-0.25, -0.2) is 4.79 Å². The number of carbonyl (C=O) groups is 2. The molecule has 2 N–H and O–H groups in total. The Hall–Kier alpha value is -2.12. The molecule has 1 saturated heterocycles. The molecular formula is C17H23NO6. The Balaban J connectivity index is 1.81. The van der Waals surface area contributed by atoms with Gasteiger partial charge in [0, 0.05) is 13.0 Å². The number of methoxy groups -OCH3 is 1. The zero-order chi connectivity index (χ0) is 17.4. The summed E-state index contributed by atoms with van der Waals surface area (Å²) in [4.78, 5) is 22.8. The highest BCUT2D eigenvalue weighted by Crippen LogP contribution is 2.15. The smallest absolute Gasteiger partial charge is 0.329 e. The van der Waals surface area contributed by atoms with Crippen LogP contribution in [0.3, 0.4) is 0 Å². The highest BCUT2D eigenvalue weighted by atomic mass is 16.5. The van der Waals surface area contributed by atoms with E-state index in [9.17, 15) is 9.59 Å². The van der Waals surface area contributed by atoms with Gasteiger partial charge in [-0.1, -0.05) is 12.1 Å². The van der Waals surface area contributed by atoms with Crippen LogP contribution in [0, 0.1) is 0 Å². The Kier molecular flexibility index (Phi) is 7.02. The summed E-state index contributed by atoms with van der Waals surface area (Å²) in [6, 6.07) is 7.37. The molecular weight excluding hydrogens is 314 g/mol. The lowest BCUT2D eigenvalue weighted by atomic mass is 10.0. The Morgan fingerprint density at radius 3 is 3.00 bits per heavy atom. The van der Waals surface area contributed by atoms with E-state index in [2.05, 4.69) is 5.32 Å². The van der Waals surface area contributed by atoms with Crippen LogP contribution in [0.4, 0.5) is 0 Å². The first-order valence-electron chi connectivity index (χ1n) is 7.92. The molecule has 1 amide bonds. The fourth-order valence-corrected chi connectivity index (χ4v) is 2.58. The normalized spacial score (nSPS) is 20.4. The Labute approximate surface area is 140 Å². The van der Waals surface area contributed by atoms with Crippen LogP contribution in [0.25, 0.3) is 0 Å². The van der Waals surface area contributed by atoms with Crippen molar-refractivity contribution < 1.29 is 28.9 Å².